The van der Waals surface area contributed by atoms with Gasteiger partial charge in [0.2, 0.25) is 0 Å². The minimum absolute atomic E-state index is 0. The predicted octanol–water partition coefficient (Wildman–Crippen LogP) is 5.53. The summed E-state index contributed by atoms with van der Waals surface area (Å²) in [6, 6.07) is 17.8. The van der Waals surface area contributed by atoms with Gasteiger partial charge in [-0.05, 0) is 60.4 Å². The summed E-state index contributed by atoms with van der Waals surface area (Å²) in [5.74, 6) is -0.257. The molecule has 6 nitrogen and oxygen atoms in total. The van der Waals surface area contributed by atoms with E-state index in [9.17, 15) is 9.18 Å². The number of amides is 2. The molecule has 1 aliphatic rings. The van der Waals surface area contributed by atoms with Crippen LogP contribution in [0.3, 0.4) is 0 Å². The van der Waals surface area contributed by atoms with Crippen molar-refractivity contribution in [3.8, 4) is 22.4 Å². The molecule has 2 aromatic carbocycles. The molecule has 2 N–H and O–H groups in total. The van der Waals surface area contributed by atoms with Crippen LogP contribution in [0.15, 0.2) is 73.1 Å². The molecular formula is C25H24ClFN4O2. The van der Waals surface area contributed by atoms with Crippen molar-refractivity contribution in [2.45, 2.75) is 18.9 Å². The zero-order valence-electron chi connectivity index (χ0n) is 17.8. The number of aromatic nitrogens is 2. The zero-order valence-corrected chi connectivity index (χ0v) is 18.6. The Balaban J connectivity index is 0.00000259. The molecule has 3 heterocycles. The molecule has 0 spiro atoms. The van der Waals surface area contributed by atoms with Gasteiger partial charge in [0.25, 0.3) is 0 Å². The molecule has 2 amide bonds. The summed E-state index contributed by atoms with van der Waals surface area (Å²) in [7, 11) is 0. The van der Waals surface area contributed by atoms with Crippen LogP contribution >= 0.6 is 12.4 Å². The Morgan fingerprint density at radius 2 is 1.94 bits per heavy atom. The minimum Gasteiger partial charge on any atom is -0.376 e. The van der Waals surface area contributed by atoms with Crippen molar-refractivity contribution < 1.29 is 13.9 Å². The van der Waals surface area contributed by atoms with Crippen molar-refractivity contribution in [1.82, 2.24) is 14.7 Å². The van der Waals surface area contributed by atoms with Crippen molar-refractivity contribution in [3.63, 3.8) is 0 Å². The lowest BCUT2D eigenvalue weighted by Gasteiger charge is -2.12. The molecule has 4 aromatic rings. The number of benzene rings is 2. The third kappa shape index (κ3) is 5.16. The molecule has 1 unspecified atom stereocenters. The van der Waals surface area contributed by atoms with Gasteiger partial charge in [-0.1, -0.05) is 24.3 Å². The first kappa shape index (κ1) is 22.8. The number of hydrogen-bond donors (Lipinski definition) is 2. The minimum atomic E-state index is -0.257. The van der Waals surface area contributed by atoms with E-state index in [1.54, 1.807) is 18.3 Å². The number of ether oxygens (including phenoxy) is 1. The Morgan fingerprint density at radius 3 is 2.73 bits per heavy atom. The van der Waals surface area contributed by atoms with Gasteiger partial charge in [0.1, 0.15) is 11.5 Å². The fourth-order valence-electron chi connectivity index (χ4n) is 3.96. The summed E-state index contributed by atoms with van der Waals surface area (Å²) in [6.45, 7) is 1.27. The van der Waals surface area contributed by atoms with Crippen LogP contribution in [-0.2, 0) is 4.74 Å². The van der Waals surface area contributed by atoms with Crippen LogP contribution in [-0.4, -0.2) is 34.7 Å². The average molecular weight is 467 g/mol. The molecule has 0 radical (unpaired) electrons. The molecular weight excluding hydrogens is 443 g/mol. The SMILES string of the molecule is Cl.O=C(NCC1CCCO1)Nc1cccc(-c2cnc3cc(-c4ccc(F)cc4)ccn23)c1. The predicted molar refractivity (Wildman–Crippen MR) is 129 cm³/mol. The lowest BCUT2D eigenvalue weighted by Crippen LogP contribution is -2.35. The second kappa shape index (κ2) is 10.0. The molecule has 0 bridgehead atoms. The van der Waals surface area contributed by atoms with Gasteiger partial charge in [-0.2, -0.15) is 0 Å². The van der Waals surface area contributed by atoms with Crippen LogP contribution in [0, 0.1) is 5.82 Å². The van der Waals surface area contributed by atoms with Crippen LogP contribution in [0.4, 0.5) is 14.9 Å². The summed E-state index contributed by atoms with van der Waals surface area (Å²) < 4.78 is 20.7. The normalized spacial score (nSPS) is 15.2. The van der Waals surface area contributed by atoms with E-state index >= 15 is 0 Å². The second-order valence-corrected chi connectivity index (χ2v) is 7.84. The highest BCUT2D eigenvalue weighted by atomic mass is 35.5. The van der Waals surface area contributed by atoms with Gasteiger partial charge < -0.3 is 15.4 Å². The van der Waals surface area contributed by atoms with E-state index in [-0.39, 0.29) is 30.4 Å². The Hall–Kier alpha value is -3.42. The highest BCUT2D eigenvalue weighted by molar-refractivity contribution is 5.90. The van der Waals surface area contributed by atoms with Gasteiger partial charge in [0.15, 0.2) is 0 Å². The summed E-state index contributed by atoms with van der Waals surface area (Å²) in [4.78, 5) is 16.8. The molecule has 1 saturated heterocycles. The largest absolute Gasteiger partial charge is 0.376 e. The number of carbonyl (C=O) groups is 1. The maximum absolute atomic E-state index is 13.2. The molecule has 1 aliphatic heterocycles. The van der Waals surface area contributed by atoms with Gasteiger partial charge in [-0.3, -0.25) is 4.40 Å². The molecule has 0 aliphatic carbocycles. The third-order valence-corrected chi connectivity index (χ3v) is 5.62. The summed E-state index contributed by atoms with van der Waals surface area (Å²) in [6.07, 6.45) is 5.88. The van der Waals surface area contributed by atoms with E-state index in [4.69, 9.17) is 4.74 Å². The lowest BCUT2D eigenvalue weighted by molar-refractivity contribution is 0.112. The monoisotopic (exact) mass is 466 g/mol. The Bertz CT molecular complexity index is 1250. The first-order valence-electron chi connectivity index (χ1n) is 10.7. The van der Waals surface area contributed by atoms with Gasteiger partial charge in [0, 0.05) is 30.6 Å². The molecule has 8 heteroatoms. The Kier molecular flexibility index (Phi) is 6.91. The number of anilines is 1. The zero-order chi connectivity index (χ0) is 21.9. The standard InChI is InChI=1S/C25H23FN4O2.ClH/c26-20-8-6-17(7-9-20)18-10-11-30-23(16-27-24(30)14-18)19-3-1-4-21(13-19)29-25(31)28-15-22-5-2-12-32-22;/h1,3-4,6-11,13-14,16,22H,2,5,12,15H2,(H2,28,29,31);1H. The van der Waals surface area contributed by atoms with Gasteiger partial charge in [-0.15, -0.1) is 12.4 Å². The number of imidazole rings is 1. The topological polar surface area (TPSA) is 67.7 Å². The van der Waals surface area contributed by atoms with E-state index in [0.29, 0.717) is 12.2 Å². The number of rotatable bonds is 5. The smallest absolute Gasteiger partial charge is 0.319 e. The van der Waals surface area contributed by atoms with Crippen LogP contribution in [0.5, 0.6) is 0 Å². The van der Waals surface area contributed by atoms with Gasteiger partial charge >= 0.3 is 6.03 Å². The quantitative estimate of drug-likeness (QED) is 0.406. The second-order valence-electron chi connectivity index (χ2n) is 7.84. The number of carbonyl (C=O) groups excluding carboxylic acids is 1. The fraction of sp³-hybridized carbons (Fsp3) is 0.200. The first-order valence-corrected chi connectivity index (χ1v) is 10.7. The number of nitrogens with zero attached hydrogens (tertiary/aromatic N) is 2. The maximum atomic E-state index is 13.2. The third-order valence-electron chi connectivity index (χ3n) is 5.62. The van der Waals surface area contributed by atoms with Crippen molar-refractivity contribution in [3.05, 3.63) is 78.9 Å². The van der Waals surface area contributed by atoms with Crippen LogP contribution in [0.1, 0.15) is 12.8 Å². The van der Waals surface area contributed by atoms with Crippen molar-refractivity contribution in [2.75, 3.05) is 18.5 Å². The molecule has 2 aromatic heterocycles. The Labute approximate surface area is 197 Å². The number of urea groups is 1. The van der Waals surface area contributed by atoms with Crippen LogP contribution in [0.2, 0.25) is 0 Å². The Morgan fingerprint density at radius 1 is 1.09 bits per heavy atom. The van der Waals surface area contributed by atoms with Crippen molar-refractivity contribution >= 4 is 29.8 Å². The molecule has 33 heavy (non-hydrogen) atoms. The molecule has 5 rings (SSSR count). The van der Waals surface area contributed by atoms with E-state index in [1.165, 1.54) is 12.1 Å². The van der Waals surface area contributed by atoms with Gasteiger partial charge in [0.05, 0.1) is 18.0 Å². The molecule has 170 valence electrons. The van der Waals surface area contributed by atoms with E-state index < -0.39 is 0 Å². The van der Waals surface area contributed by atoms with Gasteiger partial charge in [-0.25, -0.2) is 14.2 Å². The highest BCUT2D eigenvalue weighted by Gasteiger charge is 2.16. The molecule has 1 fully saturated rings. The summed E-state index contributed by atoms with van der Waals surface area (Å²) >= 11 is 0. The van der Waals surface area contributed by atoms with E-state index in [2.05, 4.69) is 15.6 Å². The van der Waals surface area contributed by atoms with Crippen LogP contribution in [0.25, 0.3) is 28.0 Å². The summed E-state index contributed by atoms with van der Waals surface area (Å²) in [5.41, 5.74) is 5.23. The maximum Gasteiger partial charge on any atom is 0.319 e. The fourth-order valence-corrected chi connectivity index (χ4v) is 3.96. The van der Waals surface area contributed by atoms with E-state index in [0.717, 1.165) is 47.5 Å². The van der Waals surface area contributed by atoms with Crippen molar-refractivity contribution in [1.29, 1.82) is 0 Å². The van der Waals surface area contributed by atoms with Crippen molar-refractivity contribution in [2.24, 2.45) is 0 Å². The lowest BCUT2D eigenvalue weighted by atomic mass is 10.1. The number of pyridine rings is 1. The molecule has 0 saturated carbocycles. The van der Waals surface area contributed by atoms with Crippen LogP contribution < -0.4 is 10.6 Å². The summed E-state index contributed by atoms with van der Waals surface area (Å²) in [5, 5.41) is 5.75. The number of nitrogens with one attached hydrogen (secondary N) is 2. The average Bonchev–Trinajstić information content (AvgIpc) is 3.48. The number of fused-ring (bicyclic) bond motifs is 1. The first-order chi connectivity index (χ1) is 15.7. The number of halogens is 2. The molecule has 1 atom stereocenters. The highest BCUT2D eigenvalue weighted by Crippen LogP contribution is 2.27. The number of hydrogen-bond acceptors (Lipinski definition) is 3. The van der Waals surface area contributed by atoms with E-state index in [1.807, 2.05) is 47.0 Å².